The Morgan fingerprint density at radius 1 is 1.00 bits per heavy atom. The van der Waals surface area contributed by atoms with Crippen LogP contribution in [0, 0.1) is 25.7 Å². The maximum atomic E-state index is 13.1. The minimum Gasteiger partial charge on any atom is -0.465 e. The van der Waals surface area contributed by atoms with Gasteiger partial charge in [-0.3, -0.25) is 9.48 Å². The lowest BCUT2D eigenvalue weighted by atomic mass is 10.1. The number of nitrogens with zero attached hydrogens (tertiary/aromatic N) is 3. The molecule has 0 radical (unpaired) electrons. The van der Waals surface area contributed by atoms with Gasteiger partial charge in [-0.25, -0.2) is 9.78 Å². The van der Waals surface area contributed by atoms with E-state index in [1.165, 1.54) is 7.11 Å². The Bertz CT molecular complexity index is 1460. The molecule has 0 aliphatic carbocycles. The minimum atomic E-state index is -0.410. The van der Waals surface area contributed by atoms with Crippen LogP contribution in [0.2, 0.25) is 0 Å². The molecule has 2 aromatic heterocycles. The molecular weight excluding hydrogens is 416 g/mol. The molecule has 1 amide bonds. The van der Waals surface area contributed by atoms with Crippen LogP contribution >= 0.6 is 0 Å². The number of hydrogen-bond acceptors (Lipinski definition) is 5. The Morgan fingerprint density at radius 2 is 1.70 bits per heavy atom. The van der Waals surface area contributed by atoms with Crippen molar-refractivity contribution in [1.29, 1.82) is 0 Å². The third-order valence-electron chi connectivity index (χ3n) is 5.10. The standard InChI is InChI=1S/C26H22N4O3/c1-16-13-22(23-17(2)29-30(3)24(23)27-16)25(31)28-21-10-6-8-19(15-21)12-11-18-7-5-9-20(14-18)26(32)33-4/h5-10,13-15H,1-4H3,(H,28,31). The molecule has 0 spiro atoms. The smallest absolute Gasteiger partial charge is 0.337 e. The van der Waals surface area contributed by atoms with Gasteiger partial charge in [0.2, 0.25) is 0 Å². The zero-order valence-corrected chi connectivity index (χ0v) is 18.8. The van der Waals surface area contributed by atoms with Gasteiger partial charge in [0.15, 0.2) is 5.65 Å². The third-order valence-corrected chi connectivity index (χ3v) is 5.10. The summed E-state index contributed by atoms with van der Waals surface area (Å²) in [4.78, 5) is 29.3. The van der Waals surface area contributed by atoms with Crippen LogP contribution in [0.25, 0.3) is 11.0 Å². The highest BCUT2D eigenvalue weighted by Crippen LogP contribution is 2.23. The average Bonchev–Trinajstić information content (AvgIpc) is 3.10. The monoisotopic (exact) mass is 438 g/mol. The van der Waals surface area contributed by atoms with Crippen LogP contribution in [0.15, 0.2) is 54.6 Å². The zero-order valence-electron chi connectivity index (χ0n) is 18.8. The number of methoxy groups -OCH3 is 1. The fraction of sp³-hybridized carbons (Fsp3) is 0.154. The van der Waals surface area contributed by atoms with Crippen molar-refractivity contribution in [2.75, 3.05) is 12.4 Å². The first-order valence-corrected chi connectivity index (χ1v) is 10.3. The summed E-state index contributed by atoms with van der Waals surface area (Å²) in [5.41, 5.74) is 5.17. The second kappa shape index (κ2) is 8.97. The normalized spacial score (nSPS) is 10.4. The van der Waals surface area contributed by atoms with Crippen LogP contribution < -0.4 is 5.32 Å². The molecule has 7 nitrogen and oxygen atoms in total. The Morgan fingerprint density at radius 3 is 2.42 bits per heavy atom. The lowest BCUT2D eigenvalue weighted by molar-refractivity contribution is 0.0600. The lowest BCUT2D eigenvalue weighted by Gasteiger charge is -2.08. The number of pyridine rings is 1. The van der Waals surface area contributed by atoms with Crippen molar-refractivity contribution >= 4 is 28.6 Å². The number of ether oxygens (including phenoxy) is 1. The maximum absolute atomic E-state index is 13.1. The van der Waals surface area contributed by atoms with E-state index in [9.17, 15) is 9.59 Å². The molecule has 0 unspecified atom stereocenters. The number of aryl methyl sites for hydroxylation is 3. The summed E-state index contributed by atoms with van der Waals surface area (Å²) in [6, 6.07) is 16.0. The van der Waals surface area contributed by atoms with Gasteiger partial charge in [-0.05, 0) is 56.3 Å². The number of anilines is 1. The van der Waals surface area contributed by atoms with E-state index in [4.69, 9.17) is 4.74 Å². The molecule has 33 heavy (non-hydrogen) atoms. The molecule has 0 atom stereocenters. The number of esters is 1. The molecule has 0 aliphatic heterocycles. The second-order valence-corrected chi connectivity index (χ2v) is 7.58. The number of fused-ring (bicyclic) bond motifs is 1. The summed E-state index contributed by atoms with van der Waals surface area (Å²) in [6.07, 6.45) is 0. The highest BCUT2D eigenvalue weighted by Gasteiger charge is 2.18. The van der Waals surface area contributed by atoms with Crippen molar-refractivity contribution in [2.24, 2.45) is 7.05 Å². The molecule has 2 aromatic carbocycles. The molecule has 0 aliphatic rings. The van der Waals surface area contributed by atoms with Gasteiger partial charge in [0, 0.05) is 29.6 Å². The topological polar surface area (TPSA) is 86.1 Å². The van der Waals surface area contributed by atoms with Crippen LogP contribution in [0.4, 0.5) is 5.69 Å². The fourth-order valence-electron chi connectivity index (χ4n) is 3.61. The number of carbonyl (C=O) groups is 2. The fourth-order valence-corrected chi connectivity index (χ4v) is 3.61. The Labute approximate surface area is 191 Å². The number of aromatic nitrogens is 3. The number of amides is 1. The van der Waals surface area contributed by atoms with Crippen LogP contribution in [0.1, 0.15) is 43.2 Å². The molecule has 0 fully saturated rings. The number of rotatable bonds is 3. The van der Waals surface area contributed by atoms with Crippen molar-refractivity contribution in [3.8, 4) is 11.8 Å². The molecule has 0 bridgehead atoms. The predicted molar refractivity (Wildman–Crippen MR) is 126 cm³/mol. The number of hydrogen-bond donors (Lipinski definition) is 1. The average molecular weight is 438 g/mol. The van der Waals surface area contributed by atoms with Crippen LogP contribution in [0.3, 0.4) is 0 Å². The van der Waals surface area contributed by atoms with E-state index in [2.05, 4.69) is 27.2 Å². The summed E-state index contributed by atoms with van der Waals surface area (Å²) < 4.78 is 6.43. The van der Waals surface area contributed by atoms with Crippen molar-refractivity contribution in [3.05, 3.63) is 88.2 Å². The molecular formula is C26H22N4O3. The van der Waals surface area contributed by atoms with Crippen molar-refractivity contribution in [1.82, 2.24) is 14.8 Å². The van der Waals surface area contributed by atoms with E-state index in [1.807, 2.05) is 45.2 Å². The van der Waals surface area contributed by atoms with Gasteiger partial charge in [-0.1, -0.05) is 24.0 Å². The summed E-state index contributed by atoms with van der Waals surface area (Å²) in [7, 11) is 3.15. The first-order chi connectivity index (χ1) is 15.9. The van der Waals surface area contributed by atoms with Crippen molar-refractivity contribution in [2.45, 2.75) is 13.8 Å². The molecule has 4 rings (SSSR count). The number of carbonyl (C=O) groups excluding carboxylic acids is 2. The molecule has 0 saturated heterocycles. The van der Waals surface area contributed by atoms with Crippen LogP contribution in [-0.4, -0.2) is 33.8 Å². The van der Waals surface area contributed by atoms with Gasteiger partial charge in [0.25, 0.3) is 5.91 Å². The highest BCUT2D eigenvalue weighted by molar-refractivity contribution is 6.12. The molecule has 4 aromatic rings. The van der Waals surface area contributed by atoms with Crippen molar-refractivity contribution in [3.63, 3.8) is 0 Å². The first-order valence-electron chi connectivity index (χ1n) is 10.3. The van der Waals surface area contributed by atoms with Gasteiger partial charge in [-0.15, -0.1) is 0 Å². The maximum Gasteiger partial charge on any atom is 0.337 e. The summed E-state index contributed by atoms with van der Waals surface area (Å²) in [5.74, 6) is 5.47. The van der Waals surface area contributed by atoms with Crippen LogP contribution in [-0.2, 0) is 11.8 Å². The van der Waals surface area contributed by atoms with E-state index in [0.29, 0.717) is 28.0 Å². The van der Waals surface area contributed by atoms with Gasteiger partial charge in [-0.2, -0.15) is 5.10 Å². The summed E-state index contributed by atoms with van der Waals surface area (Å²) in [5, 5.41) is 8.09. The largest absolute Gasteiger partial charge is 0.465 e. The van der Waals surface area contributed by atoms with E-state index in [0.717, 1.165) is 22.3 Å². The lowest BCUT2D eigenvalue weighted by Crippen LogP contribution is -2.13. The second-order valence-electron chi connectivity index (χ2n) is 7.58. The van der Waals surface area contributed by atoms with Gasteiger partial charge >= 0.3 is 5.97 Å². The van der Waals surface area contributed by atoms with Gasteiger partial charge < -0.3 is 10.1 Å². The molecule has 2 heterocycles. The highest BCUT2D eigenvalue weighted by atomic mass is 16.5. The van der Waals surface area contributed by atoms with Crippen molar-refractivity contribution < 1.29 is 14.3 Å². The Hall–Kier alpha value is -4.44. The van der Waals surface area contributed by atoms with E-state index < -0.39 is 5.97 Å². The Kier molecular flexibility index (Phi) is 5.92. The van der Waals surface area contributed by atoms with Crippen LogP contribution in [0.5, 0.6) is 0 Å². The molecule has 1 N–H and O–H groups in total. The third kappa shape index (κ3) is 4.60. The summed E-state index contributed by atoms with van der Waals surface area (Å²) >= 11 is 0. The Balaban J connectivity index is 1.59. The van der Waals surface area contributed by atoms with Gasteiger partial charge in [0.1, 0.15) is 0 Å². The number of nitrogens with one attached hydrogen (secondary N) is 1. The molecule has 164 valence electrons. The minimum absolute atomic E-state index is 0.238. The zero-order chi connectivity index (χ0) is 23.5. The first kappa shape index (κ1) is 21.8. The van der Waals surface area contributed by atoms with E-state index in [1.54, 1.807) is 35.0 Å². The molecule has 7 heteroatoms. The quantitative estimate of drug-likeness (QED) is 0.386. The van der Waals surface area contributed by atoms with Gasteiger partial charge in [0.05, 0.1) is 29.3 Å². The SMILES string of the molecule is COC(=O)c1cccc(C#Cc2cccc(NC(=O)c3cc(C)nc4c3c(C)nn4C)c2)c1. The van der Waals surface area contributed by atoms with E-state index >= 15 is 0 Å². The number of benzene rings is 2. The predicted octanol–water partition coefficient (Wildman–Crippen LogP) is 4.02. The summed E-state index contributed by atoms with van der Waals surface area (Å²) in [6.45, 7) is 3.71. The molecule has 0 saturated carbocycles. The van der Waals surface area contributed by atoms with E-state index in [-0.39, 0.29) is 5.91 Å².